The van der Waals surface area contributed by atoms with Crippen LogP contribution in [0.2, 0.25) is 0 Å². The highest BCUT2D eigenvalue weighted by atomic mass is 127. The molecule has 2 aromatic rings. The fraction of sp³-hybridized carbons (Fsp3) is 0.524. The van der Waals surface area contributed by atoms with E-state index in [0.29, 0.717) is 12.5 Å². The zero-order valence-corrected chi connectivity index (χ0v) is 20.6. The van der Waals surface area contributed by atoms with Crippen LogP contribution in [0.25, 0.3) is 0 Å². The predicted octanol–water partition coefficient (Wildman–Crippen LogP) is 3.40. The van der Waals surface area contributed by atoms with E-state index >= 15 is 0 Å². The van der Waals surface area contributed by atoms with Gasteiger partial charge in [0.25, 0.3) is 0 Å². The molecule has 0 spiro atoms. The Labute approximate surface area is 191 Å². The van der Waals surface area contributed by atoms with Crippen LogP contribution in [0.15, 0.2) is 35.3 Å². The maximum atomic E-state index is 5.97. The first-order valence-electron chi connectivity index (χ1n) is 9.68. The first-order chi connectivity index (χ1) is 13.4. The lowest BCUT2D eigenvalue weighted by Gasteiger charge is -2.20. The summed E-state index contributed by atoms with van der Waals surface area (Å²) in [7, 11) is 3.41. The average molecular weight is 515 g/mol. The number of guanidine groups is 1. The smallest absolute Gasteiger partial charge is 0.191 e. The van der Waals surface area contributed by atoms with Crippen LogP contribution in [0.1, 0.15) is 25.2 Å². The quantitative estimate of drug-likeness (QED) is 0.305. The van der Waals surface area contributed by atoms with Gasteiger partial charge in [-0.1, -0.05) is 19.1 Å². The van der Waals surface area contributed by atoms with Crippen LogP contribution in [-0.2, 0) is 6.54 Å². The van der Waals surface area contributed by atoms with E-state index in [9.17, 15) is 0 Å². The summed E-state index contributed by atoms with van der Waals surface area (Å²) in [5, 5.41) is 11.2. The van der Waals surface area contributed by atoms with Crippen LogP contribution < -0.4 is 20.1 Å². The second-order valence-electron chi connectivity index (χ2n) is 7.13. The van der Waals surface area contributed by atoms with E-state index in [2.05, 4.69) is 45.3 Å². The Balaban J connectivity index is 0.00000420. The Bertz CT molecular complexity index is 778. The molecule has 1 aromatic heterocycles. The lowest BCUT2D eigenvalue weighted by molar-refractivity contribution is 0.213. The molecule has 1 aromatic carbocycles. The maximum Gasteiger partial charge on any atom is 0.191 e. The minimum atomic E-state index is -0.0398. The molecule has 0 aliphatic heterocycles. The molecule has 0 amide bonds. The van der Waals surface area contributed by atoms with Crippen LogP contribution in [0, 0.1) is 19.8 Å². The number of para-hydroxylation sites is 2. The van der Waals surface area contributed by atoms with Gasteiger partial charge < -0.3 is 20.1 Å². The molecule has 0 saturated heterocycles. The topological polar surface area (TPSA) is 72.7 Å². The van der Waals surface area contributed by atoms with E-state index in [0.717, 1.165) is 36.2 Å². The monoisotopic (exact) mass is 515 g/mol. The van der Waals surface area contributed by atoms with Crippen molar-refractivity contribution in [2.75, 3.05) is 27.2 Å². The minimum absolute atomic E-state index is 0. The van der Waals surface area contributed by atoms with Crippen LogP contribution in [0.5, 0.6) is 11.5 Å². The summed E-state index contributed by atoms with van der Waals surface area (Å²) in [5.74, 6) is 2.64. The summed E-state index contributed by atoms with van der Waals surface area (Å²) >= 11 is 0. The molecule has 162 valence electrons. The Morgan fingerprint density at radius 1 is 1.14 bits per heavy atom. The molecule has 0 fully saturated rings. The number of ether oxygens (including phenoxy) is 2. The van der Waals surface area contributed by atoms with Crippen molar-refractivity contribution in [2.45, 2.75) is 40.3 Å². The van der Waals surface area contributed by atoms with Crippen LogP contribution in [0.3, 0.4) is 0 Å². The molecule has 29 heavy (non-hydrogen) atoms. The standard InChI is InChI=1S/C21H33N5O2.HI/c1-15(14-26-17(3)11-16(2)25-26)12-23-21(22-5)24-13-18(4)28-20-10-8-7-9-19(20)27-6;/h7-11,15,18H,12-14H2,1-6H3,(H2,22,23,24);1H. The molecule has 7 nitrogen and oxygen atoms in total. The molecule has 0 aliphatic rings. The summed E-state index contributed by atoms with van der Waals surface area (Å²) < 4.78 is 13.4. The van der Waals surface area contributed by atoms with Gasteiger partial charge in [0.2, 0.25) is 0 Å². The number of rotatable bonds is 9. The number of halogens is 1. The Hall–Kier alpha value is -1.97. The third-order valence-corrected chi connectivity index (χ3v) is 4.38. The third-order valence-electron chi connectivity index (χ3n) is 4.38. The molecule has 2 unspecified atom stereocenters. The van der Waals surface area contributed by atoms with Gasteiger partial charge in [0.05, 0.1) is 19.3 Å². The number of hydrogen-bond donors (Lipinski definition) is 2. The minimum Gasteiger partial charge on any atom is -0.493 e. The van der Waals surface area contributed by atoms with Crippen molar-refractivity contribution in [3.05, 3.63) is 41.7 Å². The molecule has 0 saturated carbocycles. The van der Waals surface area contributed by atoms with E-state index in [-0.39, 0.29) is 30.1 Å². The maximum absolute atomic E-state index is 5.97. The molecule has 2 N–H and O–H groups in total. The highest BCUT2D eigenvalue weighted by molar-refractivity contribution is 14.0. The average Bonchev–Trinajstić information content (AvgIpc) is 2.99. The number of aliphatic imine (C=N–C) groups is 1. The van der Waals surface area contributed by atoms with Crippen molar-refractivity contribution >= 4 is 29.9 Å². The SMILES string of the molecule is CN=C(NCC(C)Cn1nc(C)cc1C)NCC(C)Oc1ccccc1OC.I. The molecule has 0 aliphatic carbocycles. The fourth-order valence-corrected chi connectivity index (χ4v) is 2.93. The summed E-state index contributed by atoms with van der Waals surface area (Å²) in [6, 6.07) is 9.75. The summed E-state index contributed by atoms with van der Waals surface area (Å²) in [5.41, 5.74) is 2.24. The lowest BCUT2D eigenvalue weighted by atomic mass is 10.2. The second-order valence-corrected chi connectivity index (χ2v) is 7.13. The van der Waals surface area contributed by atoms with Gasteiger partial charge in [-0.05, 0) is 44.9 Å². The van der Waals surface area contributed by atoms with E-state index in [1.807, 2.05) is 38.1 Å². The first kappa shape index (κ1) is 25.1. The number of benzene rings is 1. The molecule has 2 rings (SSSR count). The molecule has 8 heteroatoms. The molecule has 1 heterocycles. The lowest BCUT2D eigenvalue weighted by Crippen LogP contribution is -2.43. The van der Waals surface area contributed by atoms with E-state index in [4.69, 9.17) is 9.47 Å². The normalized spacial score (nSPS) is 13.2. The second kappa shape index (κ2) is 12.6. The zero-order valence-electron chi connectivity index (χ0n) is 18.2. The molecule has 2 atom stereocenters. The Kier molecular flexibility index (Phi) is 10.9. The van der Waals surface area contributed by atoms with E-state index < -0.39 is 0 Å². The highest BCUT2D eigenvalue weighted by Gasteiger charge is 2.11. The Morgan fingerprint density at radius 2 is 1.79 bits per heavy atom. The summed E-state index contributed by atoms with van der Waals surface area (Å²) in [6.45, 7) is 10.6. The van der Waals surface area contributed by atoms with Gasteiger partial charge in [0.15, 0.2) is 17.5 Å². The largest absolute Gasteiger partial charge is 0.493 e. The number of nitrogens with zero attached hydrogens (tertiary/aromatic N) is 3. The first-order valence-corrected chi connectivity index (χ1v) is 9.68. The van der Waals surface area contributed by atoms with Crippen LogP contribution >= 0.6 is 24.0 Å². The van der Waals surface area contributed by atoms with Gasteiger partial charge >= 0.3 is 0 Å². The van der Waals surface area contributed by atoms with Crippen molar-refractivity contribution in [1.82, 2.24) is 20.4 Å². The van der Waals surface area contributed by atoms with Gasteiger partial charge in [-0.2, -0.15) is 5.10 Å². The summed E-state index contributed by atoms with van der Waals surface area (Å²) in [4.78, 5) is 4.29. The number of methoxy groups -OCH3 is 1. The van der Waals surface area contributed by atoms with Crippen molar-refractivity contribution in [3.63, 3.8) is 0 Å². The van der Waals surface area contributed by atoms with E-state index in [1.165, 1.54) is 5.69 Å². The van der Waals surface area contributed by atoms with Gasteiger partial charge in [-0.15, -0.1) is 24.0 Å². The number of aromatic nitrogens is 2. The van der Waals surface area contributed by atoms with Crippen molar-refractivity contribution in [1.29, 1.82) is 0 Å². The molecule has 0 bridgehead atoms. The number of hydrogen-bond acceptors (Lipinski definition) is 4. The molecular formula is C21H34IN5O2. The number of nitrogens with one attached hydrogen (secondary N) is 2. The van der Waals surface area contributed by atoms with Gasteiger partial charge in [-0.3, -0.25) is 9.67 Å². The predicted molar refractivity (Wildman–Crippen MR) is 129 cm³/mol. The fourth-order valence-electron chi connectivity index (χ4n) is 2.93. The zero-order chi connectivity index (χ0) is 20.5. The van der Waals surface area contributed by atoms with Gasteiger partial charge in [0, 0.05) is 25.8 Å². The number of aryl methyl sites for hydroxylation is 2. The van der Waals surface area contributed by atoms with Crippen molar-refractivity contribution in [3.8, 4) is 11.5 Å². The van der Waals surface area contributed by atoms with Gasteiger partial charge in [-0.25, -0.2) is 0 Å². The van der Waals surface area contributed by atoms with Crippen molar-refractivity contribution < 1.29 is 9.47 Å². The van der Waals surface area contributed by atoms with Crippen LogP contribution in [-0.4, -0.2) is 49.1 Å². The molecular weight excluding hydrogens is 481 g/mol. The van der Waals surface area contributed by atoms with Gasteiger partial charge in [0.1, 0.15) is 6.10 Å². The Morgan fingerprint density at radius 3 is 2.38 bits per heavy atom. The van der Waals surface area contributed by atoms with Crippen LogP contribution in [0.4, 0.5) is 0 Å². The third kappa shape index (κ3) is 8.12. The highest BCUT2D eigenvalue weighted by Crippen LogP contribution is 2.26. The summed E-state index contributed by atoms with van der Waals surface area (Å²) in [6.07, 6.45) is -0.0398. The molecule has 0 radical (unpaired) electrons. The van der Waals surface area contributed by atoms with E-state index in [1.54, 1.807) is 14.2 Å². The van der Waals surface area contributed by atoms with Crippen molar-refractivity contribution in [2.24, 2.45) is 10.9 Å².